The average molecular weight is 335 g/mol. The Morgan fingerprint density at radius 3 is 2.69 bits per heavy atom. The second kappa shape index (κ2) is 6.96. The van der Waals surface area contributed by atoms with E-state index in [9.17, 15) is 0 Å². The van der Waals surface area contributed by atoms with E-state index in [1.165, 1.54) is 28.0 Å². The molecule has 0 N–H and O–H groups in total. The predicted molar refractivity (Wildman–Crippen MR) is 110 cm³/mol. The fourth-order valence-electron chi connectivity index (χ4n) is 3.71. The molecule has 0 radical (unpaired) electrons. The van der Waals surface area contributed by atoms with Crippen molar-refractivity contribution in [2.45, 2.75) is 12.3 Å². The van der Waals surface area contributed by atoms with Gasteiger partial charge in [-0.2, -0.15) is 0 Å². The topological polar surface area (TPSA) is 3.24 Å². The summed E-state index contributed by atoms with van der Waals surface area (Å²) in [5, 5.41) is 0. The number of allylic oxidation sites excluding steroid dienone is 4. The first-order valence-electron chi connectivity index (χ1n) is 8.95. The van der Waals surface area contributed by atoms with Crippen LogP contribution in [0.5, 0.6) is 0 Å². The van der Waals surface area contributed by atoms with Crippen LogP contribution in [-0.4, -0.2) is 7.05 Å². The van der Waals surface area contributed by atoms with Gasteiger partial charge in [-0.15, -0.1) is 12.2 Å². The van der Waals surface area contributed by atoms with Gasteiger partial charge in [-0.25, -0.2) is 0 Å². The van der Waals surface area contributed by atoms with Crippen LogP contribution >= 0.6 is 0 Å². The van der Waals surface area contributed by atoms with E-state index < -0.39 is 0 Å². The molecular formula is C25H21N. The molecule has 0 saturated heterocycles. The molecule has 0 bridgehead atoms. The zero-order valence-corrected chi connectivity index (χ0v) is 14.9. The van der Waals surface area contributed by atoms with Gasteiger partial charge in [0.25, 0.3) is 0 Å². The van der Waals surface area contributed by atoms with Crippen LogP contribution in [0.4, 0.5) is 5.69 Å². The maximum atomic E-state index is 5.99. The normalized spacial score (nSPS) is 22.2. The van der Waals surface area contributed by atoms with Crippen molar-refractivity contribution in [3.05, 3.63) is 95.9 Å². The van der Waals surface area contributed by atoms with Crippen LogP contribution in [0.15, 0.2) is 90.3 Å². The first-order valence-corrected chi connectivity index (χ1v) is 8.95. The zero-order chi connectivity index (χ0) is 17.9. The molecule has 126 valence electrons. The summed E-state index contributed by atoms with van der Waals surface area (Å²) in [4.78, 5) is 2.17. The quantitative estimate of drug-likeness (QED) is 0.503. The second-order valence-electron chi connectivity index (χ2n) is 6.80. The molecule has 1 heterocycles. The lowest BCUT2D eigenvalue weighted by molar-refractivity contribution is 0.638. The molecule has 2 aromatic carbocycles. The van der Waals surface area contributed by atoms with Crippen LogP contribution < -0.4 is 4.90 Å². The summed E-state index contributed by atoms with van der Waals surface area (Å²) >= 11 is 0. The van der Waals surface area contributed by atoms with Crippen LogP contribution in [0.3, 0.4) is 0 Å². The smallest absolute Gasteiger partial charge is 0.0479 e. The Hall–Kier alpha value is -3.20. The van der Waals surface area contributed by atoms with E-state index in [4.69, 9.17) is 6.42 Å². The number of hydrogen-bond acceptors (Lipinski definition) is 1. The van der Waals surface area contributed by atoms with Gasteiger partial charge >= 0.3 is 0 Å². The number of benzene rings is 2. The molecule has 1 heteroatoms. The fourth-order valence-corrected chi connectivity index (χ4v) is 3.71. The second-order valence-corrected chi connectivity index (χ2v) is 6.80. The molecule has 26 heavy (non-hydrogen) atoms. The molecule has 0 fully saturated rings. The monoisotopic (exact) mass is 335 g/mol. The van der Waals surface area contributed by atoms with Gasteiger partial charge in [-0.05, 0) is 53.0 Å². The lowest BCUT2D eigenvalue weighted by Crippen LogP contribution is -2.18. The third kappa shape index (κ3) is 3.04. The molecule has 2 aromatic rings. The van der Waals surface area contributed by atoms with Gasteiger partial charge in [0.15, 0.2) is 0 Å². The summed E-state index contributed by atoms with van der Waals surface area (Å²) in [6.07, 6.45) is 17.5. The van der Waals surface area contributed by atoms with Crippen LogP contribution in [0, 0.1) is 18.3 Å². The molecule has 2 aliphatic rings. The minimum Gasteiger partial charge on any atom is -0.351 e. The lowest BCUT2D eigenvalue weighted by atomic mass is 9.82. The van der Waals surface area contributed by atoms with E-state index in [-0.39, 0.29) is 5.92 Å². The molecule has 2 atom stereocenters. The zero-order valence-electron chi connectivity index (χ0n) is 14.9. The molecule has 0 amide bonds. The molecule has 1 nitrogen and oxygen atoms in total. The Kier molecular flexibility index (Phi) is 4.36. The predicted octanol–water partition coefficient (Wildman–Crippen LogP) is 5.69. The minimum absolute atomic E-state index is 0.0703. The van der Waals surface area contributed by atoms with Crippen LogP contribution in [0.25, 0.3) is 11.1 Å². The van der Waals surface area contributed by atoms with E-state index in [0.29, 0.717) is 5.92 Å². The van der Waals surface area contributed by atoms with Crippen molar-refractivity contribution in [2.24, 2.45) is 5.92 Å². The Balaban J connectivity index is 1.77. The van der Waals surface area contributed by atoms with Crippen LogP contribution in [0.2, 0.25) is 0 Å². The first-order chi connectivity index (χ1) is 12.8. The largest absolute Gasteiger partial charge is 0.351 e. The Morgan fingerprint density at radius 2 is 1.96 bits per heavy atom. The number of anilines is 1. The molecule has 0 aromatic heterocycles. The molecule has 1 aliphatic heterocycles. The van der Waals surface area contributed by atoms with E-state index in [2.05, 4.69) is 90.5 Å². The molecule has 0 saturated carbocycles. The van der Waals surface area contributed by atoms with Crippen molar-refractivity contribution in [3.63, 3.8) is 0 Å². The number of rotatable bonds is 2. The summed E-state index contributed by atoms with van der Waals surface area (Å²) in [5.41, 5.74) is 9.26. The minimum atomic E-state index is 0.0703. The lowest BCUT2D eigenvalue weighted by Gasteiger charge is -2.28. The van der Waals surface area contributed by atoms with E-state index in [1.807, 2.05) is 12.1 Å². The van der Waals surface area contributed by atoms with Gasteiger partial charge in [0, 0.05) is 30.8 Å². The maximum Gasteiger partial charge on any atom is 0.0479 e. The SMILES string of the molecule is C#CC1CC(C2=CC=C=C2)/C=C\N(C)c2ccc(-c3ccccc3)cc21. The highest BCUT2D eigenvalue weighted by molar-refractivity contribution is 5.71. The number of nitrogens with zero attached hydrogens (tertiary/aromatic N) is 1. The fraction of sp³-hybridized carbons (Fsp3) is 0.160. The van der Waals surface area contributed by atoms with Gasteiger partial charge < -0.3 is 4.90 Å². The Labute approximate surface area is 155 Å². The molecular weight excluding hydrogens is 314 g/mol. The van der Waals surface area contributed by atoms with Crippen molar-refractivity contribution in [1.82, 2.24) is 0 Å². The van der Waals surface area contributed by atoms with Crippen molar-refractivity contribution in [1.29, 1.82) is 0 Å². The number of terminal acetylenes is 1. The van der Waals surface area contributed by atoms with Crippen molar-refractivity contribution in [3.8, 4) is 23.5 Å². The summed E-state index contributed by atoms with van der Waals surface area (Å²) < 4.78 is 0. The highest BCUT2D eigenvalue weighted by Gasteiger charge is 2.23. The van der Waals surface area contributed by atoms with Gasteiger partial charge in [0.05, 0.1) is 0 Å². The highest BCUT2D eigenvalue weighted by atomic mass is 15.1. The summed E-state index contributed by atoms with van der Waals surface area (Å²) in [5.74, 6) is 3.42. The van der Waals surface area contributed by atoms with E-state index in [1.54, 1.807) is 0 Å². The third-order valence-corrected chi connectivity index (χ3v) is 5.17. The summed E-state index contributed by atoms with van der Waals surface area (Å²) in [6, 6.07) is 17.1. The average Bonchev–Trinajstić information content (AvgIpc) is 3.22. The van der Waals surface area contributed by atoms with Crippen molar-refractivity contribution in [2.75, 3.05) is 11.9 Å². The number of hydrogen-bond donors (Lipinski definition) is 0. The molecule has 0 spiro atoms. The van der Waals surface area contributed by atoms with Gasteiger partial charge in [-0.3, -0.25) is 0 Å². The molecule has 2 unspecified atom stereocenters. The van der Waals surface area contributed by atoms with Crippen molar-refractivity contribution >= 4 is 5.69 Å². The standard InChI is InChI=1S/C25H21N/c1-3-19-17-23(21-11-7-8-12-21)15-16-26(2)25-14-13-22(18-24(19)25)20-9-5-4-6-10-20/h1,4-7,9-16,18-19,23H,17H2,2H3/b16-15-. The molecule has 1 aliphatic carbocycles. The van der Waals surface area contributed by atoms with Crippen LogP contribution in [0.1, 0.15) is 17.9 Å². The third-order valence-electron chi connectivity index (χ3n) is 5.17. The van der Waals surface area contributed by atoms with E-state index >= 15 is 0 Å². The maximum absolute atomic E-state index is 5.99. The van der Waals surface area contributed by atoms with Crippen molar-refractivity contribution < 1.29 is 0 Å². The van der Waals surface area contributed by atoms with Gasteiger partial charge in [-0.1, -0.05) is 54.5 Å². The Bertz CT molecular complexity index is 979. The van der Waals surface area contributed by atoms with E-state index in [0.717, 1.165) is 6.42 Å². The summed E-state index contributed by atoms with van der Waals surface area (Å²) in [6.45, 7) is 0. The van der Waals surface area contributed by atoms with Gasteiger partial charge in [0.1, 0.15) is 0 Å². The molecule has 4 rings (SSSR count). The summed E-state index contributed by atoms with van der Waals surface area (Å²) in [7, 11) is 2.09. The van der Waals surface area contributed by atoms with Crippen LogP contribution in [-0.2, 0) is 0 Å². The highest BCUT2D eigenvalue weighted by Crippen LogP contribution is 2.38. The number of fused-ring (bicyclic) bond motifs is 1. The van der Waals surface area contributed by atoms with Gasteiger partial charge in [0.2, 0.25) is 0 Å². The Morgan fingerprint density at radius 1 is 1.12 bits per heavy atom. The first kappa shape index (κ1) is 16.3.